The number of rotatable bonds is 7. The van der Waals surface area contributed by atoms with Crippen molar-refractivity contribution in [1.29, 1.82) is 0 Å². The highest BCUT2D eigenvalue weighted by Crippen LogP contribution is 2.35. The summed E-state index contributed by atoms with van der Waals surface area (Å²) in [6.07, 6.45) is 0.00510. The van der Waals surface area contributed by atoms with Crippen molar-refractivity contribution in [2.75, 3.05) is 13.7 Å². The van der Waals surface area contributed by atoms with Crippen LogP contribution in [-0.4, -0.2) is 36.6 Å². The zero-order valence-electron chi connectivity index (χ0n) is 11.9. The Morgan fingerprint density at radius 3 is 2.71 bits per heavy atom. The van der Waals surface area contributed by atoms with Gasteiger partial charge in [0, 0.05) is 19.1 Å². The lowest BCUT2D eigenvalue weighted by atomic mass is 9.90. The summed E-state index contributed by atoms with van der Waals surface area (Å²) in [5.41, 5.74) is -0.0949. The molecule has 7 nitrogen and oxygen atoms in total. The van der Waals surface area contributed by atoms with Gasteiger partial charge >= 0.3 is 0 Å². The van der Waals surface area contributed by atoms with Crippen LogP contribution in [0, 0.1) is 10.1 Å². The van der Waals surface area contributed by atoms with Crippen LogP contribution in [0.4, 0.5) is 5.69 Å². The third-order valence-corrected chi connectivity index (χ3v) is 3.20. The van der Waals surface area contributed by atoms with Gasteiger partial charge in [0.25, 0.3) is 5.69 Å². The van der Waals surface area contributed by atoms with Gasteiger partial charge < -0.3 is 14.2 Å². The molecule has 0 saturated heterocycles. The number of non-ortho nitro benzene ring substituents is 1. The lowest BCUT2D eigenvalue weighted by molar-refractivity contribution is -0.385. The summed E-state index contributed by atoms with van der Waals surface area (Å²) < 4.78 is 16.2. The highest BCUT2D eigenvalue weighted by molar-refractivity contribution is 5.90. The number of nitrogens with zero attached hydrogens (tertiary/aromatic N) is 1. The van der Waals surface area contributed by atoms with Gasteiger partial charge in [-0.15, -0.1) is 0 Å². The molecule has 1 fully saturated rings. The van der Waals surface area contributed by atoms with Gasteiger partial charge in [-0.25, -0.2) is 0 Å². The van der Waals surface area contributed by atoms with Crippen molar-refractivity contribution in [3.63, 3.8) is 0 Å². The predicted octanol–water partition coefficient (Wildman–Crippen LogP) is 2.12. The minimum Gasteiger partial charge on any atom is -0.493 e. The molecule has 1 aliphatic rings. The minimum absolute atomic E-state index is 0.0159. The maximum Gasteiger partial charge on any atom is 0.273 e. The van der Waals surface area contributed by atoms with Gasteiger partial charge in [-0.05, 0) is 12.5 Å². The molecule has 1 aliphatic carbocycles. The van der Waals surface area contributed by atoms with Crippen molar-refractivity contribution in [3.8, 4) is 11.5 Å². The van der Waals surface area contributed by atoms with E-state index in [-0.39, 0.29) is 23.6 Å². The molecule has 0 heterocycles. The molecule has 2 atom stereocenters. The Bertz CT molecular complexity index is 544. The number of benzene rings is 1. The van der Waals surface area contributed by atoms with E-state index in [1.54, 1.807) is 0 Å². The second-order valence-electron chi connectivity index (χ2n) is 4.71. The molecule has 0 radical (unpaired) electrons. The van der Waals surface area contributed by atoms with Gasteiger partial charge in [0.05, 0.1) is 18.1 Å². The number of Topliss-reactive ketones (excluding diaryl/α,β-unsaturated/α-hetero) is 1. The van der Waals surface area contributed by atoms with Crippen LogP contribution in [0.25, 0.3) is 0 Å². The van der Waals surface area contributed by atoms with Crippen LogP contribution >= 0.6 is 0 Å². The molecule has 1 aromatic carbocycles. The predicted molar refractivity (Wildman–Crippen MR) is 73.7 cm³/mol. The summed E-state index contributed by atoms with van der Waals surface area (Å²) in [7, 11) is 1.45. The van der Waals surface area contributed by atoms with E-state index < -0.39 is 17.1 Å². The molecule has 21 heavy (non-hydrogen) atoms. The van der Waals surface area contributed by atoms with Gasteiger partial charge in [0.15, 0.2) is 23.4 Å². The topological polar surface area (TPSA) is 87.9 Å². The van der Waals surface area contributed by atoms with Gasteiger partial charge in [-0.2, -0.15) is 0 Å². The fraction of sp³-hybridized carbons (Fsp3) is 0.500. The zero-order chi connectivity index (χ0) is 15.4. The third kappa shape index (κ3) is 3.30. The Kier molecular flexibility index (Phi) is 4.74. The van der Waals surface area contributed by atoms with E-state index in [1.165, 1.54) is 25.3 Å². The second-order valence-corrected chi connectivity index (χ2v) is 4.71. The molecule has 0 aliphatic heterocycles. The molecular formula is C14H17NO6. The average Bonchev–Trinajstić information content (AvgIpc) is 2.46. The van der Waals surface area contributed by atoms with Crippen LogP contribution in [0.15, 0.2) is 18.2 Å². The van der Waals surface area contributed by atoms with Crippen LogP contribution in [0.2, 0.25) is 0 Å². The summed E-state index contributed by atoms with van der Waals surface area (Å²) >= 11 is 0. The molecule has 1 saturated carbocycles. The molecule has 0 spiro atoms. The highest BCUT2D eigenvalue weighted by atomic mass is 16.6. The first kappa shape index (κ1) is 15.2. The molecule has 1 aromatic rings. The van der Waals surface area contributed by atoms with E-state index in [1.807, 2.05) is 6.92 Å². The van der Waals surface area contributed by atoms with Crippen molar-refractivity contribution in [2.45, 2.75) is 32.0 Å². The molecular weight excluding hydrogens is 278 g/mol. The van der Waals surface area contributed by atoms with Crippen molar-refractivity contribution in [3.05, 3.63) is 28.3 Å². The molecule has 0 amide bonds. The van der Waals surface area contributed by atoms with Crippen molar-refractivity contribution < 1.29 is 23.9 Å². The molecule has 2 rings (SSSR count). The van der Waals surface area contributed by atoms with Gasteiger partial charge in [-0.1, -0.05) is 6.92 Å². The number of carbonyl (C=O) groups excluding carboxylic acids is 1. The first-order valence-electron chi connectivity index (χ1n) is 6.70. The normalized spacial score (nSPS) is 20.8. The van der Waals surface area contributed by atoms with Crippen LogP contribution < -0.4 is 9.47 Å². The van der Waals surface area contributed by atoms with Crippen molar-refractivity contribution >= 4 is 11.5 Å². The molecule has 0 N–H and O–H groups in total. The smallest absolute Gasteiger partial charge is 0.273 e. The number of ether oxygens (including phenoxy) is 3. The summed E-state index contributed by atoms with van der Waals surface area (Å²) in [6.45, 7) is 2.42. The summed E-state index contributed by atoms with van der Waals surface area (Å²) in [5.74, 6) is 0.612. The Labute approximate surface area is 122 Å². The van der Waals surface area contributed by atoms with E-state index in [0.29, 0.717) is 12.4 Å². The lowest BCUT2D eigenvalue weighted by Gasteiger charge is -2.34. The molecule has 7 heteroatoms. The number of hydrogen-bond donors (Lipinski definition) is 0. The van der Waals surface area contributed by atoms with E-state index in [2.05, 4.69) is 0 Å². The SMILES string of the molecule is CCCOC1C(=O)CC1Oc1cc([N+](=O)[O-])ccc1OC. The van der Waals surface area contributed by atoms with E-state index in [0.717, 1.165) is 6.42 Å². The maximum absolute atomic E-state index is 11.5. The van der Waals surface area contributed by atoms with Crippen LogP contribution in [0.1, 0.15) is 19.8 Å². The molecule has 0 aromatic heterocycles. The minimum atomic E-state index is -0.603. The largest absolute Gasteiger partial charge is 0.493 e. The Morgan fingerprint density at radius 2 is 2.14 bits per heavy atom. The maximum atomic E-state index is 11.5. The quantitative estimate of drug-likeness (QED) is 0.565. The molecule has 114 valence electrons. The second kappa shape index (κ2) is 6.53. The van der Waals surface area contributed by atoms with E-state index >= 15 is 0 Å². The number of hydrogen-bond acceptors (Lipinski definition) is 6. The van der Waals surface area contributed by atoms with Crippen LogP contribution in [-0.2, 0) is 9.53 Å². The number of methoxy groups -OCH3 is 1. The monoisotopic (exact) mass is 295 g/mol. The van der Waals surface area contributed by atoms with E-state index in [4.69, 9.17) is 14.2 Å². The van der Waals surface area contributed by atoms with Gasteiger partial charge in [0.1, 0.15) is 6.10 Å². The first-order chi connectivity index (χ1) is 10.1. The average molecular weight is 295 g/mol. The van der Waals surface area contributed by atoms with Crippen LogP contribution in [0.5, 0.6) is 11.5 Å². The van der Waals surface area contributed by atoms with E-state index in [9.17, 15) is 14.9 Å². The molecule has 0 bridgehead atoms. The fourth-order valence-corrected chi connectivity index (χ4v) is 2.05. The Hall–Kier alpha value is -2.15. The number of ketones is 1. The van der Waals surface area contributed by atoms with Crippen LogP contribution in [0.3, 0.4) is 0 Å². The highest BCUT2D eigenvalue weighted by Gasteiger charge is 2.43. The van der Waals surface area contributed by atoms with Gasteiger partial charge in [-0.3, -0.25) is 14.9 Å². The lowest BCUT2D eigenvalue weighted by Crippen LogP contribution is -2.52. The molecule has 2 unspecified atom stereocenters. The van der Waals surface area contributed by atoms with Crippen molar-refractivity contribution in [2.24, 2.45) is 0 Å². The summed E-state index contributed by atoms with van der Waals surface area (Å²) in [6, 6.07) is 4.09. The number of nitro groups is 1. The van der Waals surface area contributed by atoms with Crippen molar-refractivity contribution in [1.82, 2.24) is 0 Å². The Balaban J connectivity index is 2.12. The summed E-state index contributed by atoms with van der Waals surface area (Å²) in [4.78, 5) is 21.8. The third-order valence-electron chi connectivity index (χ3n) is 3.20. The standard InChI is InChI=1S/C14H17NO6/c1-3-6-20-14-10(16)8-13(14)21-12-7-9(15(17)18)4-5-11(12)19-2/h4-5,7,13-14H,3,6,8H2,1-2H3. The number of nitro benzene ring substituents is 1. The zero-order valence-corrected chi connectivity index (χ0v) is 11.9. The fourth-order valence-electron chi connectivity index (χ4n) is 2.05. The Morgan fingerprint density at radius 1 is 1.38 bits per heavy atom. The number of carbonyl (C=O) groups is 1. The first-order valence-corrected chi connectivity index (χ1v) is 6.70. The van der Waals surface area contributed by atoms with Gasteiger partial charge in [0.2, 0.25) is 0 Å². The summed E-state index contributed by atoms with van der Waals surface area (Å²) in [5, 5.41) is 10.8.